The van der Waals surface area contributed by atoms with Crippen molar-refractivity contribution in [3.63, 3.8) is 0 Å². The number of carbonyl (C=O) groups excluding carboxylic acids is 2. The zero-order valence-electron chi connectivity index (χ0n) is 18.7. The fraction of sp³-hybridized carbons (Fsp3) is 0.200. The minimum absolute atomic E-state index is 0.0943. The van der Waals surface area contributed by atoms with Crippen LogP contribution in [-0.4, -0.2) is 33.3 Å². The smallest absolute Gasteiger partial charge is 0.264 e. The van der Waals surface area contributed by atoms with Crippen LogP contribution in [0.4, 0.5) is 17.1 Å². The zero-order valence-corrected chi connectivity index (χ0v) is 19.5. The molecule has 1 N–H and O–H groups in total. The molecule has 4 rings (SSSR count). The van der Waals surface area contributed by atoms with E-state index in [1.165, 1.54) is 17.0 Å². The summed E-state index contributed by atoms with van der Waals surface area (Å²) in [5.41, 5.74) is 4.14. The van der Waals surface area contributed by atoms with Crippen molar-refractivity contribution in [2.45, 2.75) is 25.7 Å². The molecule has 1 aliphatic rings. The summed E-state index contributed by atoms with van der Waals surface area (Å²) in [5, 5.41) is 2.74. The van der Waals surface area contributed by atoms with Gasteiger partial charge >= 0.3 is 0 Å². The van der Waals surface area contributed by atoms with Gasteiger partial charge in [-0.05, 0) is 68.3 Å². The van der Waals surface area contributed by atoms with Crippen LogP contribution in [0.25, 0.3) is 0 Å². The van der Waals surface area contributed by atoms with Crippen molar-refractivity contribution >= 4 is 38.9 Å². The number of hydrogen-bond acceptors (Lipinski definition) is 4. The van der Waals surface area contributed by atoms with Gasteiger partial charge in [-0.1, -0.05) is 35.9 Å². The maximum absolute atomic E-state index is 13.7. The number of fused-ring (bicyclic) bond motifs is 1. The average Bonchev–Trinajstić information content (AvgIpc) is 2.76. The molecule has 33 heavy (non-hydrogen) atoms. The fourth-order valence-corrected chi connectivity index (χ4v) is 5.31. The summed E-state index contributed by atoms with van der Waals surface area (Å²) in [7, 11) is -4.04. The second-order valence-corrected chi connectivity index (χ2v) is 10.1. The topological polar surface area (TPSA) is 86.8 Å². The van der Waals surface area contributed by atoms with Gasteiger partial charge in [0, 0.05) is 0 Å². The fourth-order valence-electron chi connectivity index (χ4n) is 3.91. The Kier molecular flexibility index (Phi) is 5.95. The Balaban J connectivity index is 1.77. The Hall–Kier alpha value is -3.65. The van der Waals surface area contributed by atoms with Gasteiger partial charge in [0.2, 0.25) is 11.8 Å². The number of nitrogens with zero attached hydrogens (tertiary/aromatic N) is 2. The lowest BCUT2D eigenvalue weighted by Gasteiger charge is -2.32. The first-order chi connectivity index (χ1) is 15.6. The SMILES string of the molecule is Cc1ccc(S(=O)(=O)N(CC(=O)N2CC(=O)Nc3ccccc32)c2cc(C)cc(C)c2)cc1. The summed E-state index contributed by atoms with van der Waals surface area (Å²) in [4.78, 5) is 27.1. The Bertz CT molecular complexity index is 1310. The highest BCUT2D eigenvalue weighted by molar-refractivity contribution is 7.92. The predicted octanol–water partition coefficient (Wildman–Crippen LogP) is 3.79. The molecule has 0 bridgehead atoms. The number of nitrogens with one attached hydrogen (secondary N) is 1. The number of hydrogen-bond donors (Lipinski definition) is 1. The van der Waals surface area contributed by atoms with Gasteiger partial charge in [-0.25, -0.2) is 8.42 Å². The van der Waals surface area contributed by atoms with Crippen LogP contribution in [0.5, 0.6) is 0 Å². The molecule has 0 atom stereocenters. The second kappa shape index (κ2) is 8.71. The highest BCUT2D eigenvalue weighted by Crippen LogP contribution is 2.31. The van der Waals surface area contributed by atoms with Crippen LogP contribution in [0, 0.1) is 20.8 Å². The Morgan fingerprint density at radius 1 is 0.939 bits per heavy atom. The Morgan fingerprint density at radius 2 is 1.58 bits per heavy atom. The Morgan fingerprint density at radius 3 is 2.24 bits per heavy atom. The van der Waals surface area contributed by atoms with Crippen LogP contribution >= 0.6 is 0 Å². The summed E-state index contributed by atoms with van der Waals surface area (Å²) in [6.45, 7) is 5.00. The number of rotatable bonds is 5. The molecule has 0 aliphatic carbocycles. The molecular weight excluding hydrogens is 438 g/mol. The van der Waals surface area contributed by atoms with Crippen molar-refractivity contribution in [1.29, 1.82) is 0 Å². The van der Waals surface area contributed by atoms with Crippen molar-refractivity contribution in [3.05, 3.63) is 83.4 Å². The van der Waals surface area contributed by atoms with Gasteiger partial charge in [-0.2, -0.15) is 0 Å². The number of sulfonamides is 1. The summed E-state index contributed by atoms with van der Waals surface area (Å²) >= 11 is 0. The van der Waals surface area contributed by atoms with E-state index in [9.17, 15) is 18.0 Å². The number of benzene rings is 3. The monoisotopic (exact) mass is 463 g/mol. The molecule has 0 fully saturated rings. The quantitative estimate of drug-likeness (QED) is 0.624. The molecular formula is C25H25N3O4S. The normalized spacial score (nSPS) is 13.3. The van der Waals surface area contributed by atoms with Crippen LogP contribution < -0.4 is 14.5 Å². The third-order valence-corrected chi connectivity index (χ3v) is 7.24. The number of para-hydroxylation sites is 2. The van der Waals surface area contributed by atoms with Crippen LogP contribution in [0.1, 0.15) is 16.7 Å². The highest BCUT2D eigenvalue weighted by Gasteiger charge is 2.32. The van der Waals surface area contributed by atoms with E-state index in [4.69, 9.17) is 0 Å². The summed E-state index contributed by atoms with van der Waals surface area (Å²) < 4.78 is 28.5. The van der Waals surface area contributed by atoms with Crippen LogP contribution in [0.2, 0.25) is 0 Å². The minimum Gasteiger partial charge on any atom is -0.323 e. The molecule has 3 aromatic carbocycles. The molecule has 1 aliphatic heterocycles. The second-order valence-electron chi connectivity index (χ2n) is 8.22. The molecule has 7 nitrogen and oxygen atoms in total. The molecule has 0 aromatic heterocycles. The third-order valence-electron chi connectivity index (χ3n) is 5.45. The number of amides is 2. The lowest BCUT2D eigenvalue weighted by molar-refractivity contribution is -0.121. The van der Waals surface area contributed by atoms with Crippen molar-refractivity contribution in [3.8, 4) is 0 Å². The molecule has 2 amide bonds. The maximum atomic E-state index is 13.7. The standard InChI is InChI=1S/C25H25N3O4S/c1-17-8-10-21(11-9-17)33(31,32)28(20-13-18(2)12-19(3)14-20)16-25(30)27-15-24(29)26-22-6-4-5-7-23(22)27/h4-14H,15-16H2,1-3H3,(H,26,29). The van der Waals surface area contributed by atoms with Gasteiger partial charge in [-0.3, -0.25) is 18.8 Å². The molecule has 8 heteroatoms. The largest absolute Gasteiger partial charge is 0.323 e. The van der Waals surface area contributed by atoms with Gasteiger partial charge in [0.25, 0.3) is 10.0 Å². The van der Waals surface area contributed by atoms with E-state index in [0.717, 1.165) is 21.0 Å². The molecule has 0 saturated carbocycles. The lowest BCUT2D eigenvalue weighted by atomic mass is 10.1. The predicted molar refractivity (Wildman–Crippen MR) is 129 cm³/mol. The molecule has 170 valence electrons. The van der Waals surface area contributed by atoms with Crippen molar-refractivity contribution in [2.75, 3.05) is 27.6 Å². The summed E-state index contributed by atoms with van der Waals surface area (Å²) in [5.74, 6) is -0.825. The maximum Gasteiger partial charge on any atom is 0.264 e. The van der Waals surface area contributed by atoms with Crippen molar-refractivity contribution in [2.24, 2.45) is 0 Å². The van der Waals surface area contributed by atoms with Crippen molar-refractivity contribution in [1.82, 2.24) is 0 Å². The van der Waals surface area contributed by atoms with Crippen LogP contribution in [0.15, 0.2) is 71.6 Å². The molecule has 0 spiro atoms. The van der Waals surface area contributed by atoms with Gasteiger partial charge in [0.1, 0.15) is 13.1 Å². The number of anilines is 3. The molecule has 0 radical (unpaired) electrons. The highest BCUT2D eigenvalue weighted by atomic mass is 32.2. The van der Waals surface area contributed by atoms with Gasteiger partial charge in [0.05, 0.1) is 22.0 Å². The first-order valence-corrected chi connectivity index (χ1v) is 12.0. The van der Waals surface area contributed by atoms with E-state index >= 15 is 0 Å². The molecule has 3 aromatic rings. The third kappa shape index (κ3) is 4.61. The van der Waals surface area contributed by atoms with E-state index < -0.39 is 22.5 Å². The van der Waals surface area contributed by atoms with Gasteiger partial charge in [0.15, 0.2) is 0 Å². The lowest BCUT2D eigenvalue weighted by Crippen LogP contribution is -2.48. The first kappa shape index (κ1) is 22.5. The van der Waals surface area contributed by atoms with E-state index in [1.807, 2.05) is 26.8 Å². The molecule has 0 saturated heterocycles. The van der Waals surface area contributed by atoms with E-state index in [-0.39, 0.29) is 17.3 Å². The number of aryl methyl sites for hydroxylation is 3. The first-order valence-electron chi connectivity index (χ1n) is 10.5. The minimum atomic E-state index is -4.04. The van der Waals surface area contributed by atoms with Crippen LogP contribution in [0.3, 0.4) is 0 Å². The van der Waals surface area contributed by atoms with E-state index in [1.54, 1.807) is 48.5 Å². The average molecular weight is 464 g/mol. The molecule has 0 unspecified atom stereocenters. The van der Waals surface area contributed by atoms with Crippen molar-refractivity contribution < 1.29 is 18.0 Å². The molecule has 1 heterocycles. The van der Waals surface area contributed by atoms with Gasteiger partial charge < -0.3 is 5.32 Å². The Labute approximate surface area is 193 Å². The summed E-state index contributed by atoms with van der Waals surface area (Å²) in [6, 6.07) is 18.9. The van der Waals surface area contributed by atoms with E-state index in [0.29, 0.717) is 17.1 Å². The number of carbonyl (C=O) groups is 2. The van der Waals surface area contributed by atoms with Crippen LogP contribution in [-0.2, 0) is 19.6 Å². The van der Waals surface area contributed by atoms with Gasteiger partial charge in [-0.15, -0.1) is 0 Å². The summed E-state index contributed by atoms with van der Waals surface area (Å²) in [6.07, 6.45) is 0. The van der Waals surface area contributed by atoms with E-state index in [2.05, 4.69) is 5.32 Å². The zero-order chi connectivity index (χ0) is 23.8.